The number of thioether (sulfide) groups is 1. The zero-order chi connectivity index (χ0) is 27.3. The van der Waals surface area contributed by atoms with Gasteiger partial charge in [-0.25, -0.2) is 9.78 Å². The molecule has 4 amide bonds. The molecule has 0 saturated carbocycles. The van der Waals surface area contributed by atoms with Gasteiger partial charge in [0.05, 0.1) is 18.8 Å². The summed E-state index contributed by atoms with van der Waals surface area (Å²) in [7, 11) is 0. The Balaban J connectivity index is 3.05. The van der Waals surface area contributed by atoms with Crippen molar-refractivity contribution in [3.8, 4) is 0 Å². The van der Waals surface area contributed by atoms with Crippen LogP contribution in [0.15, 0.2) is 12.5 Å². The van der Waals surface area contributed by atoms with Crippen LogP contribution in [-0.4, -0.2) is 91.9 Å². The molecule has 200 valence electrons. The molecule has 15 nitrogen and oxygen atoms in total. The number of hydrogen-bond donors (Lipinski definition) is 8. The quantitative estimate of drug-likeness (QED) is 0.103. The number of hydrogen-bond acceptors (Lipinski definition) is 9. The first-order chi connectivity index (χ1) is 16.9. The number of nitrogens with one attached hydrogen (secondary N) is 4. The van der Waals surface area contributed by atoms with Gasteiger partial charge in [0.2, 0.25) is 23.6 Å². The Bertz CT molecular complexity index is 927. The lowest BCUT2D eigenvalue weighted by Crippen LogP contribution is -2.58. The highest BCUT2D eigenvalue weighted by atomic mass is 32.2. The number of H-pyrrole nitrogens is 1. The minimum atomic E-state index is -1.54. The highest BCUT2D eigenvalue weighted by Gasteiger charge is 2.31. The van der Waals surface area contributed by atoms with Crippen molar-refractivity contribution >= 4 is 47.3 Å². The van der Waals surface area contributed by atoms with Crippen LogP contribution in [-0.2, 0) is 35.2 Å². The minimum Gasteiger partial charge on any atom is -0.481 e. The molecule has 16 heteroatoms. The molecular weight excluding hydrogens is 498 g/mol. The number of nitrogens with zero attached hydrogens (tertiary/aromatic N) is 1. The number of aromatic nitrogens is 2. The van der Waals surface area contributed by atoms with E-state index >= 15 is 0 Å². The van der Waals surface area contributed by atoms with Gasteiger partial charge < -0.3 is 42.6 Å². The lowest BCUT2D eigenvalue weighted by molar-refractivity contribution is -0.143. The van der Waals surface area contributed by atoms with Gasteiger partial charge in [-0.05, 0) is 24.9 Å². The van der Waals surface area contributed by atoms with Crippen LogP contribution in [0.3, 0.4) is 0 Å². The molecule has 10 N–H and O–H groups in total. The van der Waals surface area contributed by atoms with Crippen molar-refractivity contribution in [1.82, 2.24) is 25.9 Å². The molecule has 0 bridgehead atoms. The molecule has 4 unspecified atom stereocenters. The highest BCUT2D eigenvalue weighted by molar-refractivity contribution is 7.98. The Morgan fingerprint density at radius 3 is 2.14 bits per heavy atom. The summed E-state index contributed by atoms with van der Waals surface area (Å²) in [6.45, 7) is 0. The van der Waals surface area contributed by atoms with Gasteiger partial charge in [-0.3, -0.25) is 24.0 Å². The van der Waals surface area contributed by atoms with Crippen molar-refractivity contribution in [3.63, 3.8) is 0 Å². The molecule has 1 aromatic heterocycles. The normalized spacial score (nSPS) is 14.1. The summed E-state index contributed by atoms with van der Waals surface area (Å²) in [5.41, 5.74) is 11.4. The average molecular weight is 530 g/mol. The summed E-state index contributed by atoms with van der Waals surface area (Å²) in [6, 6.07) is -5.31. The van der Waals surface area contributed by atoms with Gasteiger partial charge in [0.15, 0.2) is 0 Å². The molecule has 36 heavy (non-hydrogen) atoms. The van der Waals surface area contributed by atoms with Gasteiger partial charge in [0.25, 0.3) is 0 Å². The van der Waals surface area contributed by atoms with Crippen LogP contribution in [0.4, 0.5) is 0 Å². The van der Waals surface area contributed by atoms with E-state index in [0.29, 0.717) is 17.9 Å². The number of primary amides is 1. The third-order valence-electron chi connectivity index (χ3n) is 4.88. The summed E-state index contributed by atoms with van der Waals surface area (Å²) < 4.78 is 0. The number of carbonyl (C=O) groups is 6. The maximum atomic E-state index is 13.0. The van der Waals surface area contributed by atoms with Crippen molar-refractivity contribution in [3.05, 3.63) is 18.2 Å². The monoisotopic (exact) mass is 529 g/mol. The van der Waals surface area contributed by atoms with Crippen molar-refractivity contribution in [1.29, 1.82) is 0 Å². The van der Waals surface area contributed by atoms with Crippen LogP contribution < -0.4 is 27.4 Å². The first kappa shape index (κ1) is 30.4. The van der Waals surface area contributed by atoms with Crippen LogP contribution >= 0.6 is 11.8 Å². The number of nitrogens with two attached hydrogens (primary N) is 2. The first-order valence-corrected chi connectivity index (χ1v) is 12.2. The molecule has 0 aliphatic carbocycles. The second-order valence-electron chi connectivity index (χ2n) is 7.79. The van der Waals surface area contributed by atoms with Gasteiger partial charge >= 0.3 is 11.9 Å². The topological polar surface area (TPSA) is 260 Å². The number of imidazole rings is 1. The minimum absolute atomic E-state index is 0.159. The van der Waals surface area contributed by atoms with E-state index in [2.05, 4.69) is 25.9 Å². The first-order valence-electron chi connectivity index (χ1n) is 10.8. The van der Waals surface area contributed by atoms with E-state index in [4.69, 9.17) is 16.6 Å². The van der Waals surface area contributed by atoms with E-state index in [1.54, 1.807) is 0 Å². The molecular formula is C20H31N7O8S. The van der Waals surface area contributed by atoms with E-state index in [1.165, 1.54) is 24.3 Å². The lowest BCUT2D eigenvalue weighted by atomic mass is 10.1. The molecule has 0 saturated heterocycles. The van der Waals surface area contributed by atoms with Crippen LogP contribution in [0.25, 0.3) is 0 Å². The summed E-state index contributed by atoms with van der Waals surface area (Å²) in [6.07, 6.45) is 3.19. The largest absolute Gasteiger partial charge is 0.481 e. The summed E-state index contributed by atoms with van der Waals surface area (Å²) in [5, 5.41) is 25.1. The number of aliphatic carboxylic acids is 2. The number of carboxylic acids is 2. The Hall–Kier alpha value is -3.66. The van der Waals surface area contributed by atoms with Gasteiger partial charge in [-0.1, -0.05) is 0 Å². The molecule has 1 rings (SSSR count). The lowest BCUT2D eigenvalue weighted by Gasteiger charge is -2.24. The van der Waals surface area contributed by atoms with Gasteiger partial charge in [0, 0.05) is 24.7 Å². The van der Waals surface area contributed by atoms with Crippen LogP contribution in [0.5, 0.6) is 0 Å². The maximum absolute atomic E-state index is 13.0. The molecule has 1 heterocycles. The van der Waals surface area contributed by atoms with Crippen LogP contribution in [0, 0.1) is 0 Å². The molecule has 4 atom stereocenters. The number of aromatic amines is 1. The Morgan fingerprint density at radius 1 is 1.00 bits per heavy atom. The predicted octanol–water partition coefficient (Wildman–Crippen LogP) is -2.69. The fraction of sp³-hybridized carbons (Fsp3) is 0.550. The van der Waals surface area contributed by atoms with Crippen molar-refractivity contribution in [2.45, 2.75) is 56.3 Å². The number of carboxylic acid groups (broad SMARTS) is 2. The summed E-state index contributed by atoms with van der Waals surface area (Å²) in [5.74, 6) is -5.59. The smallest absolute Gasteiger partial charge is 0.326 e. The highest BCUT2D eigenvalue weighted by Crippen LogP contribution is 2.05. The molecule has 0 aliphatic heterocycles. The van der Waals surface area contributed by atoms with Gasteiger partial charge in [-0.2, -0.15) is 11.8 Å². The second-order valence-corrected chi connectivity index (χ2v) is 8.78. The van der Waals surface area contributed by atoms with Crippen LogP contribution in [0.2, 0.25) is 0 Å². The molecule has 0 spiro atoms. The zero-order valence-electron chi connectivity index (χ0n) is 19.6. The maximum Gasteiger partial charge on any atom is 0.326 e. The fourth-order valence-corrected chi connectivity index (χ4v) is 3.45. The fourth-order valence-electron chi connectivity index (χ4n) is 2.96. The molecule has 0 fully saturated rings. The van der Waals surface area contributed by atoms with E-state index in [0.717, 1.165) is 0 Å². The average Bonchev–Trinajstić information content (AvgIpc) is 3.31. The summed E-state index contributed by atoms with van der Waals surface area (Å²) in [4.78, 5) is 78.6. The Labute approximate surface area is 210 Å². The SMILES string of the molecule is CSCCC(N)C(=O)NC(CC(N)=O)C(=O)NC(Cc1cnc[nH]1)C(=O)NC(CCC(=O)O)C(=O)O. The number of rotatable bonds is 17. The molecule has 0 radical (unpaired) electrons. The van der Waals surface area contributed by atoms with E-state index in [9.17, 15) is 33.9 Å². The van der Waals surface area contributed by atoms with E-state index in [-0.39, 0.29) is 6.42 Å². The molecule has 0 aromatic carbocycles. The second kappa shape index (κ2) is 15.4. The third-order valence-corrected chi connectivity index (χ3v) is 5.53. The number of amides is 4. The zero-order valence-corrected chi connectivity index (χ0v) is 20.4. The number of carbonyl (C=O) groups excluding carboxylic acids is 4. The Kier molecular flexibility index (Phi) is 13.0. The van der Waals surface area contributed by atoms with Crippen LogP contribution in [0.1, 0.15) is 31.4 Å². The van der Waals surface area contributed by atoms with E-state index in [1.807, 2.05) is 6.26 Å². The summed E-state index contributed by atoms with van der Waals surface area (Å²) >= 11 is 1.47. The molecule has 1 aromatic rings. The predicted molar refractivity (Wildman–Crippen MR) is 127 cm³/mol. The van der Waals surface area contributed by atoms with E-state index < -0.39 is 79.0 Å². The molecule has 0 aliphatic rings. The van der Waals surface area contributed by atoms with Crippen molar-refractivity contribution in [2.75, 3.05) is 12.0 Å². The standard InChI is InChI=1S/C20H31N7O8S/c1-36-5-4-11(21)17(31)26-14(7-15(22)28)19(33)27-13(6-10-8-23-9-24-10)18(32)25-12(20(34)35)2-3-16(29)30/h8-9,11-14H,2-7,21H2,1H3,(H2,22,28)(H,23,24)(H,25,32)(H,26,31)(H,27,33)(H,29,30)(H,34,35). The van der Waals surface area contributed by atoms with Crippen molar-refractivity contribution in [2.24, 2.45) is 11.5 Å². The Morgan fingerprint density at radius 2 is 1.61 bits per heavy atom. The van der Waals surface area contributed by atoms with Gasteiger partial charge in [0.1, 0.15) is 18.1 Å². The van der Waals surface area contributed by atoms with Gasteiger partial charge in [-0.15, -0.1) is 0 Å². The third kappa shape index (κ3) is 11.2. The van der Waals surface area contributed by atoms with Crippen molar-refractivity contribution < 1.29 is 39.0 Å².